The number of rotatable bonds is 6. The van der Waals surface area contributed by atoms with Gasteiger partial charge in [-0.3, -0.25) is 0 Å². The zero-order valence-electron chi connectivity index (χ0n) is 19.7. The fourth-order valence-corrected chi connectivity index (χ4v) is 5.53. The molecule has 1 unspecified atom stereocenters. The van der Waals surface area contributed by atoms with Gasteiger partial charge in [0, 0.05) is 27.5 Å². The first-order valence-corrected chi connectivity index (χ1v) is 12.2. The number of carbonyl (C=O) groups is 1. The highest BCUT2D eigenvalue weighted by atomic mass is 32.1. The van der Waals surface area contributed by atoms with Crippen molar-refractivity contribution in [2.24, 2.45) is 0 Å². The summed E-state index contributed by atoms with van der Waals surface area (Å²) in [6.45, 7) is 7.85. The van der Waals surface area contributed by atoms with E-state index in [-0.39, 0.29) is 11.1 Å². The van der Waals surface area contributed by atoms with Crippen molar-refractivity contribution < 1.29 is 9.90 Å². The summed E-state index contributed by atoms with van der Waals surface area (Å²) in [6, 6.07) is 22.8. The van der Waals surface area contributed by atoms with Gasteiger partial charge in [-0.1, -0.05) is 49.4 Å². The molecule has 3 aromatic rings. The molecule has 0 bridgehead atoms. The van der Waals surface area contributed by atoms with E-state index in [0.717, 1.165) is 28.3 Å². The molecule has 0 saturated carbocycles. The van der Waals surface area contributed by atoms with Gasteiger partial charge < -0.3 is 10.0 Å². The number of hydrogen-bond donors (Lipinski definition) is 1. The molecule has 172 valence electrons. The van der Waals surface area contributed by atoms with Crippen molar-refractivity contribution in [3.8, 4) is 6.07 Å². The lowest BCUT2D eigenvalue weighted by atomic mass is 9.79. The smallest absolute Gasteiger partial charge is 0.346 e. The van der Waals surface area contributed by atoms with Crippen LogP contribution in [0.2, 0.25) is 0 Å². The minimum absolute atomic E-state index is 0.0682. The largest absolute Gasteiger partial charge is 0.477 e. The molecule has 1 atom stereocenters. The Bertz CT molecular complexity index is 1300. The van der Waals surface area contributed by atoms with Gasteiger partial charge in [-0.25, -0.2) is 4.79 Å². The minimum Gasteiger partial charge on any atom is -0.477 e. The molecule has 4 nitrogen and oxygen atoms in total. The maximum atomic E-state index is 11.1. The Balaban J connectivity index is 1.59. The van der Waals surface area contributed by atoms with Crippen LogP contribution in [-0.4, -0.2) is 16.6 Å². The molecule has 0 radical (unpaired) electrons. The Labute approximate surface area is 205 Å². The zero-order chi connectivity index (χ0) is 24.3. The van der Waals surface area contributed by atoms with Crippen molar-refractivity contribution >= 4 is 41.2 Å². The van der Waals surface area contributed by atoms with Gasteiger partial charge in [0.1, 0.15) is 11.6 Å². The number of anilines is 1. The van der Waals surface area contributed by atoms with Gasteiger partial charge >= 0.3 is 5.97 Å². The highest BCUT2D eigenvalue weighted by Crippen LogP contribution is 2.44. The number of aliphatic carboxylic acids is 1. The van der Waals surface area contributed by atoms with Crippen LogP contribution >= 0.6 is 11.3 Å². The average Bonchev–Trinajstić information content (AvgIpc) is 3.26. The molecule has 1 aliphatic heterocycles. The molecule has 34 heavy (non-hydrogen) atoms. The third-order valence-electron chi connectivity index (χ3n) is 6.32. The Kier molecular flexibility index (Phi) is 6.72. The fraction of sp³-hybridized carbons (Fsp3) is 0.241. The molecular weight excluding hydrogens is 440 g/mol. The van der Waals surface area contributed by atoms with Gasteiger partial charge in [0.2, 0.25) is 0 Å². The lowest BCUT2D eigenvalue weighted by molar-refractivity contribution is -0.132. The molecule has 5 heteroatoms. The molecule has 0 aliphatic carbocycles. The van der Waals surface area contributed by atoms with E-state index in [1.807, 2.05) is 18.2 Å². The molecule has 2 heterocycles. The van der Waals surface area contributed by atoms with Crippen LogP contribution in [0.3, 0.4) is 0 Å². The molecule has 0 spiro atoms. The van der Waals surface area contributed by atoms with E-state index >= 15 is 0 Å². The van der Waals surface area contributed by atoms with Crippen LogP contribution in [0.25, 0.3) is 18.2 Å². The van der Waals surface area contributed by atoms with Gasteiger partial charge in [0.25, 0.3) is 0 Å². The Morgan fingerprint density at radius 1 is 1.15 bits per heavy atom. The van der Waals surface area contributed by atoms with Crippen molar-refractivity contribution in [3.05, 3.63) is 92.7 Å². The zero-order valence-corrected chi connectivity index (χ0v) is 20.5. The van der Waals surface area contributed by atoms with E-state index in [4.69, 9.17) is 10.4 Å². The van der Waals surface area contributed by atoms with E-state index in [1.54, 1.807) is 6.07 Å². The molecule has 0 saturated heterocycles. The van der Waals surface area contributed by atoms with Crippen LogP contribution < -0.4 is 4.90 Å². The molecule has 4 rings (SSSR count). The fourth-order valence-electron chi connectivity index (χ4n) is 4.68. The van der Waals surface area contributed by atoms with E-state index in [2.05, 4.69) is 80.3 Å². The summed E-state index contributed by atoms with van der Waals surface area (Å²) in [6.07, 6.45) is 6.63. The number of carboxylic acids is 1. The average molecular weight is 469 g/mol. The van der Waals surface area contributed by atoms with Crippen LogP contribution in [-0.2, 0) is 11.3 Å². The van der Waals surface area contributed by atoms with Crippen LogP contribution in [0.5, 0.6) is 0 Å². The van der Waals surface area contributed by atoms with Gasteiger partial charge in [-0.05, 0) is 79.3 Å². The first-order chi connectivity index (χ1) is 16.3. The molecule has 1 N–H and O–H groups in total. The van der Waals surface area contributed by atoms with Crippen LogP contribution in [0.1, 0.15) is 59.6 Å². The summed E-state index contributed by atoms with van der Waals surface area (Å²) >= 11 is 1.46. The SMILES string of the molecule is CC1CC(C)(C)N(Cc2ccccc2)c2ccc(/C=C/c3ccc(/C=C(\C#N)C(=O)O)s3)cc21. The van der Waals surface area contributed by atoms with E-state index in [1.165, 1.54) is 34.2 Å². The second-order valence-corrected chi connectivity index (χ2v) is 10.5. The molecule has 2 aromatic carbocycles. The number of nitriles is 1. The summed E-state index contributed by atoms with van der Waals surface area (Å²) in [5.74, 6) is -0.745. The van der Waals surface area contributed by atoms with Crippen molar-refractivity contribution in [2.45, 2.75) is 45.2 Å². The number of benzene rings is 2. The lowest BCUT2D eigenvalue weighted by Crippen LogP contribution is -2.47. The summed E-state index contributed by atoms with van der Waals surface area (Å²) in [5, 5.41) is 18.0. The Morgan fingerprint density at radius 2 is 1.88 bits per heavy atom. The van der Waals surface area contributed by atoms with Crippen molar-refractivity contribution in [2.75, 3.05) is 4.90 Å². The Hall–Kier alpha value is -3.62. The molecule has 0 amide bonds. The van der Waals surface area contributed by atoms with Crippen LogP contribution in [0, 0.1) is 11.3 Å². The van der Waals surface area contributed by atoms with Crippen LogP contribution in [0.4, 0.5) is 5.69 Å². The normalized spacial score (nSPS) is 17.4. The summed E-state index contributed by atoms with van der Waals surface area (Å²) in [7, 11) is 0. The molecule has 1 aliphatic rings. The second kappa shape index (κ2) is 9.70. The van der Waals surface area contributed by atoms with Crippen molar-refractivity contribution in [1.82, 2.24) is 0 Å². The standard InChI is InChI=1S/C29H28N2O2S/c1-20-17-29(2,3)31(19-22-7-5-4-6-8-22)27-14-10-21(15-26(20)27)9-11-24-12-13-25(34-24)16-23(18-30)28(32)33/h4-16,20H,17,19H2,1-3H3,(H,32,33)/b11-9+,23-16+. The number of fused-ring (bicyclic) bond motifs is 1. The molecule has 0 fully saturated rings. The third kappa shape index (κ3) is 5.13. The first-order valence-electron chi connectivity index (χ1n) is 11.4. The topological polar surface area (TPSA) is 64.3 Å². The predicted octanol–water partition coefficient (Wildman–Crippen LogP) is 7.20. The molecular formula is C29H28N2O2S. The third-order valence-corrected chi connectivity index (χ3v) is 7.32. The summed E-state index contributed by atoms with van der Waals surface area (Å²) < 4.78 is 0. The van der Waals surface area contributed by atoms with Crippen LogP contribution in [0.15, 0.2) is 66.2 Å². The van der Waals surface area contributed by atoms with E-state index < -0.39 is 5.97 Å². The Morgan fingerprint density at radius 3 is 2.59 bits per heavy atom. The maximum Gasteiger partial charge on any atom is 0.346 e. The first kappa shape index (κ1) is 23.5. The predicted molar refractivity (Wildman–Crippen MR) is 141 cm³/mol. The summed E-state index contributed by atoms with van der Waals surface area (Å²) in [5.41, 5.74) is 4.92. The summed E-state index contributed by atoms with van der Waals surface area (Å²) in [4.78, 5) is 15.3. The minimum atomic E-state index is -1.21. The molecule has 1 aromatic heterocycles. The number of thiophene rings is 1. The maximum absolute atomic E-state index is 11.1. The second-order valence-electron chi connectivity index (χ2n) is 9.36. The van der Waals surface area contributed by atoms with Gasteiger partial charge in [-0.15, -0.1) is 11.3 Å². The monoisotopic (exact) mass is 468 g/mol. The number of carboxylic acid groups (broad SMARTS) is 1. The van der Waals surface area contributed by atoms with E-state index in [9.17, 15) is 4.79 Å². The number of nitrogens with zero attached hydrogens (tertiary/aromatic N) is 2. The lowest BCUT2D eigenvalue weighted by Gasteiger charge is -2.47. The van der Waals surface area contributed by atoms with Gasteiger partial charge in [0.15, 0.2) is 0 Å². The van der Waals surface area contributed by atoms with Crippen molar-refractivity contribution in [1.29, 1.82) is 5.26 Å². The highest BCUT2D eigenvalue weighted by Gasteiger charge is 2.36. The van der Waals surface area contributed by atoms with Gasteiger partial charge in [-0.2, -0.15) is 5.26 Å². The van der Waals surface area contributed by atoms with Gasteiger partial charge in [0.05, 0.1) is 0 Å². The number of hydrogen-bond acceptors (Lipinski definition) is 4. The highest BCUT2D eigenvalue weighted by molar-refractivity contribution is 7.13. The van der Waals surface area contributed by atoms with Crippen molar-refractivity contribution in [3.63, 3.8) is 0 Å². The van der Waals surface area contributed by atoms with E-state index in [0.29, 0.717) is 5.92 Å². The quantitative estimate of drug-likeness (QED) is 0.307.